The van der Waals surface area contributed by atoms with Crippen LogP contribution in [0, 0.1) is 0 Å². The number of carbonyl (C=O) groups excluding carboxylic acids is 1. The molecule has 3 rings (SSSR count). The number of nitrogens with zero attached hydrogens (tertiary/aromatic N) is 1. The third kappa shape index (κ3) is 2.76. The summed E-state index contributed by atoms with van der Waals surface area (Å²) >= 11 is 3.43. The first-order valence-corrected chi connectivity index (χ1v) is 9.16. The summed E-state index contributed by atoms with van der Waals surface area (Å²) in [7, 11) is -0.942. The number of hydrogen-bond acceptors (Lipinski definition) is 2. The fraction of sp³-hybridized carbons (Fsp3) is 0.267. The van der Waals surface area contributed by atoms with E-state index in [4.69, 9.17) is 5.73 Å². The number of hydrogen-bond donors (Lipinski definition) is 2. The molecule has 1 aliphatic rings. The van der Waals surface area contributed by atoms with Crippen molar-refractivity contribution in [2.75, 3.05) is 19.3 Å². The molecule has 0 bridgehead atoms. The number of benzene rings is 1. The molecular formula is C15H16BrN3O2S. The van der Waals surface area contributed by atoms with Gasteiger partial charge in [0, 0.05) is 41.0 Å². The number of fused-ring (bicyclic) bond motifs is 1. The van der Waals surface area contributed by atoms with Crippen molar-refractivity contribution in [1.82, 2.24) is 9.29 Å². The number of amides is 1. The van der Waals surface area contributed by atoms with Crippen molar-refractivity contribution in [3.8, 4) is 0 Å². The summed E-state index contributed by atoms with van der Waals surface area (Å²) in [4.78, 5) is 14.8. The summed E-state index contributed by atoms with van der Waals surface area (Å²) in [6.07, 6.45) is 6.53. The van der Waals surface area contributed by atoms with E-state index in [1.165, 1.54) is 5.57 Å². The molecule has 0 radical (unpaired) electrons. The second-order valence-corrected chi connectivity index (χ2v) is 7.51. The van der Waals surface area contributed by atoms with Crippen LogP contribution in [0.25, 0.3) is 16.5 Å². The highest BCUT2D eigenvalue weighted by Gasteiger charge is 2.19. The summed E-state index contributed by atoms with van der Waals surface area (Å²) in [6.45, 7) is 1.43. The number of halogens is 1. The standard InChI is InChI=1S/C15H16BrN3O2S/c1-22(21)19-4-2-9(3-5-19)13-8-18-14-11(13)6-10(16)7-12(14)15(17)20/h2,6-8,18H,3-5H2,1H3,(H2,17,20). The lowest BCUT2D eigenvalue weighted by Gasteiger charge is -2.23. The summed E-state index contributed by atoms with van der Waals surface area (Å²) in [5.74, 6) is -0.454. The van der Waals surface area contributed by atoms with Crippen LogP contribution in [0.4, 0.5) is 0 Å². The number of nitrogens with one attached hydrogen (secondary N) is 1. The first kappa shape index (κ1) is 15.5. The maximum Gasteiger partial charge on any atom is 0.250 e. The van der Waals surface area contributed by atoms with Gasteiger partial charge in [-0.2, -0.15) is 0 Å². The average Bonchev–Trinajstić information content (AvgIpc) is 2.89. The van der Waals surface area contributed by atoms with E-state index in [1.807, 2.05) is 16.6 Å². The van der Waals surface area contributed by atoms with Gasteiger partial charge in [0.15, 0.2) is 0 Å². The molecule has 1 aromatic carbocycles. The molecule has 0 fully saturated rings. The molecule has 7 heteroatoms. The maximum atomic E-state index is 11.6. The molecule has 1 aliphatic heterocycles. The van der Waals surface area contributed by atoms with Crippen LogP contribution in [0.2, 0.25) is 0 Å². The average molecular weight is 382 g/mol. The summed E-state index contributed by atoms with van der Waals surface area (Å²) in [5.41, 5.74) is 8.95. The van der Waals surface area contributed by atoms with Gasteiger partial charge in [0.25, 0.3) is 5.91 Å². The minimum atomic E-state index is -0.942. The molecule has 1 aromatic heterocycles. The van der Waals surface area contributed by atoms with Crippen LogP contribution in [-0.4, -0.2) is 38.8 Å². The Morgan fingerprint density at radius 2 is 2.23 bits per heavy atom. The molecule has 1 unspecified atom stereocenters. The second-order valence-electron chi connectivity index (χ2n) is 5.23. The lowest BCUT2D eigenvalue weighted by atomic mass is 9.98. The fourth-order valence-electron chi connectivity index (χ4n) is 2.79. The molecule has 0 saturated heterocycles. The molecule has 0 aliphatic carbocycles. The molecule has 0 saturated carbocycles. The van der Waals surface area contributed by atoms with Gasteiger partial charge in [-0.05, 0) is 24.1 Å². The molecule has 116 valence electrons. The number of primary amides is 1. The zero-order valence-electron chi connectivity index (χ0n) is 12.1. The van der Waals surface area contributed by atoms with E-state index < -0.39 is 16.9 Å². The topological polar surface area (TPSA) is 79.2 Å². The Kier molecular flexibility index (Phi) is 4.20. The zero-order valence-corrected chi connectivity index (χ0v) is 14.5. The molecule has 2 heterocycles. The lowest BCUT2D eigenvalue weighted by Crippen LogP contribution is -2.29. The molecule has 0 spiro atoms. The van der Waals surface area contributed by atoms with Gasteiger partial charge in [-0.25, -0.2) is 8.51 Å². The molecule has 1 amide bonds. The van der Waals surface area contributed by atoms with E-state index >= 15 is 0 Å². The number of H-pyrrole nitrogens is 1. The fourth-order valence-corrected chi connectivity index (χ4v) is 3.88. The minimum Gasteiger partial charge on any atom is -0.366 e. The van der Waals surface area contributed by atoms with Gasteiger partial charge >= 0.3 is 0 Å². The molecule has 3 N–H and O–H groups in total. The van der Waals surface area contributed by atoms with Crippen molar-refractivity contribution in [2.45, 2.75) is 6.42 Å². The Morgan fingerprint density at radius 3 is 2.82 bits per heavy atom. The van der Waals surface area contributed by atoms with Crippen molar-refractivity contribution in [1.29, 1.82) is 0 Å². The van der Waals surface area contributed by atoms with Crippen molar-refractivity contribution in [3.05, 3.63) is 40.0 Å². The number of carbonyl (C=O) groups is 1. The highest BCUT2D eigenvalue weighted by atomic mass is 79.9. The van der Waals surface area contributed by atoms with Crippen LogP contribution in [0.3, 0.4) is 0 Å². The summed E-state index contributed by atoms with van der Waals surface area (Å²) in [5, 5.41) is 0.973. The lowest BCUT2D eigenvalue weighted by molar-refractivity contribution is 0.100. The smallest absolute Gasteiger partial charge is 0.250 e. The van der Waals surface area contributed by atoms with Crippen LogP contribution >= 0.6 is 15.9 Å². The molecule has 2 aromatic rings. The predicted molar refractivity (Wildman–Crippen MR) is 92.8 cm³/mol. The van der Waals surface area contributed by atoms with E-state index in [1.54, 1.807) is 12.3 Å². The van der Waals surface area contributed by atoms with Crippen LogP contribution in [-0.2, 0) is 11.0 Å². The monoisotopic (exact) mass is 381 g/mol. The van der Waals surface area contributed by atoms with Gasteiger partial charge in [0.2, 0.25) is 0 Å². The van der Waals surface area contributed by atoms with Crippen molar-refractivity contribution < 1.29 is 9.00 Å². The van der Waals surface area contributed by atoms with Crippen LogP contribution in [0.5, 0.6) is 0 Å². The summed E-state index contributed by atoms with van der Waals surface area (Å²) in [6, 6.07) is 3.71. The number of aromatic nitrogens is 1. The van der Waals surface area contributed by atoms with Gasteiger partial charge < -0.3 is 10.7 Å². The Balaban J connectivity index is 2.06. The Labute approximate surface area is 139 Å². The third-order valence-corrected chi connectivity index (χ3v) is 5.42. The van der Waals surface area contributed by atoms with E-state index in [0.29, 0.717) is 12.1 Å². The maximum absolute atomic E-state index is 11.6. The van der Waals surface area contributed by atoms with Crippen LogP contribution < -0.4 is 5.73 Å². The zero-order chi connectivity index (χ0) is 15.9. The van der Waals surface area contributed by atoms with Gasteiger partial charge in [-0.3, -0.25) is 4.79 Å². The predicted octanol–water partition coefficient (Wildman–Crippen LogP) is 2.41. The minimum absolute atomic E-state index is 0.454. The Bertz CT molecular complexity index is 812. The number of nitrogens with two attached hydrogens (primary N) is 1. The van der Waals surface area contributed by atoms with Crippen LogP contribution in [0.1, 0.15) is 22.3 Å². The highest BCUT2D eigenvalue weighted by Crippen LogP contribution is 2.33. The van der Waals surface area contributed by atoms with Crippen molar-refractivity contribution in [2.24, 2.45) is 5.73 Å². The second kappa shape index (κ2) is 5.98. The van der Waals surface area contributed by atoms with E-state index in [2.05, 4.69) is 27.0 Å². The third-order valence-electron chi connectivity index (χ3n) is 3.90. The quantitative estimate of drug-likeness (QED) is 0.855. The molecule has 1 atom stereocenters. The first-order chi connectivity index (χ1) is 10.5. The van der Waals surface area contributed by atoms with Gasteiger partial charge in [-0.15, -0.1) is 0 Å². The van der Waals surface area contributed by atoms with Crippen molar-refractivity contribution in [3.63, 3.8) is 0 Å². The van der Waals surface area contributed by atoms with Gasteiger partial charge in [-0.1, -0.05) is 22.0 Å². The van der Waals surface area contributed by atoms with Crippen molar-refractivity contribution >= 4 is 49.3 Å². The van der Waals surface area contributed by atoms with Gasteiger partial charge in [0.05, 0.1) is 22.1 Å². The summed E-state index contributed by atoms with van der Waals surface area (Å²) < 4.78 is 14.3. The van der Waals surface area contributed by atoms with Crippen LogP contribution in [0.15, 0.2) is 28.9 Å². The number of rotatable bonds is 3. The molecular weight excluding hydrogens is 366 g/mol. The van der Waals surface area contributed by atoms with E-state index in [9.17, 15) is 9.00 Å². The SMILES string of the molecule is CS(=O)N1CC=C(c2c[nH]c3c(C(N)=O)cc(Br)cc23)CC1. The van der Waals surface area contributed by atoms with Gasteiger partial charge in [0.1, 0.15) is 0 Å². The van der Waals surface area contributed by atoms with E-state index in [0.717, 1.165) is 33.9 Å². The molecule has 5 nitrogen and oxygen atoms in total. The first-order valence-electron chi connectivity index (χ1n) is 6.85. The normalized spacial score (nSPS) is 17.5. The Morgan fingerprint density at radius 1 is 1.45 bits per heavy atom. The largest absolute Gasteiger partial charge is 0.366 e. The number of aromatic amines is 1. The highest BCUT2D eigenvalue weighted by molar-refractivity contribution is 9.10. The molecule has 22 heavy (non-hydrogen) atoms. The van der Waals surface area contributed by atoms with E-state index in [-0.39, 0.29) is 0 Å². The Hall–Kier alpha value is -1.44.